The summed E-state index contributed by atoms with van der Waals surface area (Å²) < 4.78 is 10.6. The van der Waals surface area contributed by atoms with E-state index in [1.54, 1.807) is 30.5 Å². The second-order valence-electron chi connectivity index (χ2n) is 27.8. The highest BCUT2D eigenvalue weighted by atomic mass is 16.5. The highest BCUT2D eigenvalue weighted by molar-refractivity contribution is 6.02. The number of aromatic amines is 1. The number of aliphatic carboxylic acids is 4. The summed E-state index contributed by atoms with van der Waals surface area (Å²) >= 11 is 0. The molecule has 1 aliphatic heterocycles. The Morgan fingerprint density at radius 1 is 0.640 bits per heavy atom. The van der Waals surface area contributed by atoms with Crippen LogP contribution in [-0.4, -0.2) is 278 Å². The predicted octanol–water partition coefficient (Wildman–Crippen LogP) is -6.10. The largest absolute Gasteiger partial charge is 0.481 e. The number of likely N-dealkylation sites (N-methyl/N-ethyl adjacent to an activating group) is 1. The number of hydrogen-bond acceptors (Lipinski definition) is 24. The lowest BCUT2D eigenvalue weighted by Crippen LogP contribution is -2.64. The van der Waals surface area contributed by atoms with E-state index in [1.807, 2.05) is 16.0 Å². The molecule has 1 aliphatic rings. The van der Waals surface area contributed by atoms with E-state index < -0.39 is 255 Å². The summed E-state index contributed by atoms with van der Waals surface area (Å²) in [6.07, 6.45) is -5.57. The fourth-order valence-corrected chi connectivity index (χ4v) is 11.6. The summed E-state index contributed by atoms with van der Waals surface area (Å²) in [6.45, 7) is 5.24. The van der Waals surface area contributed by atoms with Gasteiger partial charge in [0.25, 0.3) is 0 Å². The van der Waals surface area contributed by atoms with Crippen molar-refractivity contribution >= 4 is 123 Å². The van der Waals surface area contributed by atoms with Crippen molar-refractivity contribution in [3.05, 3.63) is 36.0 Å². The number of aliphatic hydroxyl groups is 2. The Balaban J connectivity index is 2.23. The number of hydrogen-bond donors (Lipinski definition) is 21. The van der Waals surface area contributed by atoms with Gasteiger partial charge < -0.3 is 125 Å². The number of cyclic esters (lactones) is 1. The Labute approximate surface area is 654 Å². The molecule has 43 nitrogen and oxygen atoms in total. The van der Waals surface area contributed by atoms with E-state index >= 15 is 0 Å². The Hall–Kier alpha value is -11.5. The first kappa shape index (κ1) is 96.7. The van der Waals surface area contributed by atoms with Crippen LogP contribution in [0.1, 0.15) is 143 Å². The monoisotopic (exact) mass is 1620 g/mol. The number of aromatic nitrogens is 1. The van der Waals surface area contributed by atoms with Crippen molar-refractivity contribution in [2.45, 2.75) is 229 Å². The van der Waals surface area contributed by atoms with Crippen molar-refractivity contribution in [1.29, 1.82) is 0 Å². The first-order valence-corrected chi connectivity index (χ1v) is 37.0. The topological polar surface area (TPSA) is 680 Å². The number of nitrogens with one attached hydrogen (secondary N) is 13. The third-order valence-electron chi connectivity index (χ3n) is 18.4. The maximum Gasteiger partial charge on any atom is 0.335 e. The van der Waals surface area contributed by atoms with Crippen LogP contribution in [0.25, 0.3) is 10.9 Å². The molecule has 1 fully saturated rings. The molecule has 15 atom stereocenters. The molecule has 1 aromatic heterocycles. The van der Waals surface area contributed by atoms with Crippen LogP contribution in [0.3, 0.4) is 0 Å². The molecule has 114 heavy (non-hydrogen) atoms. The lowest BCUT2D eigenvalue weighted by molar-refractivity contribution is -0.159. The molecule has 0 saturated carbocycles. The molecule has 23 N–H and O–H groups in total. The molecule has 0 bridgehead atoms. The van der Waals surface area contributed by atoms with Gasteiger partial charge >= 0.3 is 29.8 Å². The Bertz CT molecular complexity index is 3740. The number of aliphatic hydroxyl groups excluding tert-OH is 2. The van der Waals surface area contributed by atoms with Gasteiger partial charge in [0.1, 0.15) is 72.6 Å². The number of para-hydroxylation sites is 1. The van der Waals surface area contributed by atoms with Crippen LogP contribution < -0.4 is 75.3 Å². The van der Waals surface area contributed by atoms with Gasteiger partial charge in [-0.1, -0.05) is 78.0 Å². The molecule has 3 rings (SSSR count). The molecule has 1 aromatic carbocycles. The number of carbonyl (C=O) groups excluding carboxylic acids is 15. The lowest BCUT2D eigenvalue weighted by atomic mass is 10.00. The number of carboxylic acids is 4. The van der Waals surface area contributed by atoms with Crippen LogP contribution >= 0.6 is 0 Å². The van der Waals surface area contributed by atoms with Crippen molar-refractivity contribution in [3.8, 4) is 0 Å². The first-order chi connectivity index (χ1) is 53.7. The van der Waals surface area contributed by atoms with Crippen LogP contribution in [0.4, 0.5) is 0 Å². The number of carbonyl (C=O) groups is 19. The summed E-state index contributed by atoms with van der Waals surface area (Å²) in [7, 11) is 1.71. The molecule has 634 valence electrons. The molecule has 2 heterocycles. The number of rotatable bonds is 36. The smallest absolute Gasteiger partial charge is 0.335 e. The van der Waals surface area contributed by atoms with Gasteiger partial charge in [-0.2, -0.15) is 0 Å². The van der Waals surface area contributed by atoms with E-state index in [9.17, 15) is 122 Å². The number of carboxylic acid groups (broad SMARTS) is 4. The number of esters is 1. The van der Waals surface area contributed by atoms with Crippen LogP contribution in [0.15, 0.2) is 30.5 Å². The minimum Gasteiger partial charge on any atom is -0.481 e. The van der Waals surface area contributed by atoms with Crippen molar-refractivity contribution in [2.24, 2.45) is 23.3 Å². The number of nitrogens with zero attached hydrogens (tertiary/aromatic N) is 1. The normalized spacial score (nSPS) is 22.1. The van der Waals surface area contributed by atoms with E-state index in [0.29, 0.717) is 40.1 Å². The molecule has 14 amide bonds. The summed E-state index contributed by atoms with van der Waals surface area (Å²) in [4.78, 5) is 263. The van der Waals surface area contributed by atoms with Crippen LogP contribution in [0.5, 0.6) is 0 Å². The van der Waals surface area contributed by atoms with Gasteiger partial charge in [0, 0.05) is 56.9 Å². The Morgan fingerprint density at radius 3 is 1.82 bits per heavy atom. The summed E-state index contributed by atoms with van der Waals surface area (Å²) in [5.74, 6) is -27.5. The quantitative estimate of drug-likeness (QED) is 0.0223. The number of nitrogens with two attached hydrogens (primary N) is 2. The molecule has 2 aromatic rings. The molecule has 43 heteroatoms. The number of primary amides is 1. The third kappa shape index (κ3) is 32.3. The highest BCUT2D eigenvalue weighted by Gasteiger charge is 2.43. The van der Waals surface area contributed by atoms with Crippen molar-refractivity contribution in [3.63, 3.8) is 0 Å². The standard InChI is InChI=1S/C71H108N16O27/c1-9-35(4)18-12-10-11-13-22-47(89)77-44(28-38-30-74-40-20-15-14-19-39(38)40)64(104)80-43(24-26-51(94)95)63(103)85-55(57(98)59(73)99)68(108)84-54-37(6)114-71(112)53(34(2)3)83-62(102)42(23-25-50(92)93)81-66(106)46(33-88)78-48(90)31-75-67(107)56(58(113-8)70(110)111)86-61(101)41(21-16-17-27-72)79-65(105)45(29-52(96)97)82-60(100)36(5)76-49(91)32-87(7)69(54)109/h14-15,19-20,30,34-37,41-46,53-58,74,88,98H,9-13,16-18,21-29,31-33,72H2,1-8H3,(H2,73,99)(H,75,107)(H,76,91)(H,77,89)(H,78,90)(H,79,105)(H,80,104)(H,81,106)(H,82,100)(H,83,102)(H,84,108)(H,85,103)(H,86,101)(H,92,93)(H,94,95)(H,96,97)(H,110,111). The summed E-state index contributed by atoms with van der Waals surface area (Å²) in [6, 6.07) is -15.4. The SMILES string of the molecule is CCC(C)CCCCCCC(=O)NC(Cc1c[nH]c2ccccc12)C(=O)NC(CCC(=O)O)C(=O)NC(C(=O)NC1C(=O)N(C)CC(=O)NC(C)C(=O)NC(CC(=O)O)C(=O)NC(CCCCN)C(=O)NC(C(OC)C(=O)O)C(=O)NCC(=O)NC(CO)C(=O)NC(CCC(=O)O)C(=O)NC(C(C)C)C(=O)OC1C)C(O)C(N)=O. The van der Waals surface area contributed by atoms with Crippen molar-refractivity contribution < 1.29 is 131 Å². The average Bonchev–Trinajstić information content (AvgIpc) is 1.39. The summed E-state index contributed by atoms with van der Waals surface area (Å²) in [5, 5.41) is 88.1. The second-order valence-corrected chi connectivity index (χ2v) is 27.8. The van der Waals surface area contributed by atoms with Gasteiger partial charge in [-0.3, -0.25) is 81.5 Å². The zero-order valence-corrected chi connectivity index (χ0v) is 64.6. The van der Waals surface area contributed by atoms with Crippen molar-refractivity contribution in [2.75, 3.05) is 40.4 Å². The van der Waals surface area contributed by atoms with E-state index in [0.717, 1.165) is 53.7 Å². The molecular formula is C71H108N16O27. The van der Waals surface area contributed by atoms with Gasteiger partial charge in [0.2, 0.25) is 82.7 Å². The van der Waals surface area contributed by atoms with Gasteiger partial charge in [-0.25, -0.2) is 9.59 Å². The fourth-order valence-electron chi connectivity index (χ4n) is 11.6. The number of fused-ring (bicyclic) bond motifs is 1. The zero-order chi connectivity index (χ0) is 85.8. The number of amides is 14. The van der Waals surface area contributed by atoms with Gasteiger partial charge in [0.05, 0.1) is 26.1 Å². The molecule has 0 aliphatic carbocycles. The zero-order valence-electron chi connectivity index (χ0n) is 64.6. The van der Waals surface area contributed by atoms with Gasteiger partial charge in [-0.05, 0) is 82.4 Å². The number of benzene rings is 1. The number of ether oxygens (including phenoxy) is 2. The molecule has 0 spiro atoms. The third-order valence-corrected chi connectivity index (χ3v) is 18.4. The predicted molar refractivity (Wildman–Crippen MR) is 397 cm³/mol. The van der Waals surface area contributed by atoms with Crippen LogP contribution in [0, 0.1) is 11.8 Å². The Morgan fingerprint density at radius 2 is 1.24 bits per heavy atom. The number of methoxy groups -OCH3 is 1. The lowest BCUT2D eigenvalue weighted by Gasteiger charge is -2.32. The average molecular weight is 1620 g/mol. The maximum atomic E-state index is 14.9. The van der Waals surface area contributed by atoms with E-state index in [1.165, 1.54) is 13.8 Å². The number of H-pyrrole nitrogens is 1. The second kappa shape index (κ2) is 48.4. The minimum absolute atomic E-state index is 0.0187. The van der Waals surface area contributed by atoms with Crippen molar-refractivity contribution in [1.82, 2.24) is 73.7 Å². The Kier molecular flexibility index (Phi) is 41.1. The van der Waals surface area contributed by atoms with E-state index in [4.69, 9.17) is 20.9 Å². The highest BCUT2D eigenvalue weighted by Crippen LogP contribution is 2.21. The number of unbranched alkanes of at least 4 members (excludes halogenated alkanes) is 4. The van der Waals surface area contributed by atoms with Gasteiger partial charge in [0.15, 0.2) is 12.2 Å². The maximum absolute atomic E-state index is 14.9. The fraction of sp³-hybridized carbons (Fsp3) is 0.620. The van der Waals surface area contributed by atoms with Crippen LogP contribution in [-0.2, 0) is 107 Å². The van der Waals surface area contributed by atoms with Gasteiger partial charge in [-0.15, -0.1) is 0 Å². The summed E-state index contributed by atoms with van der Waals surface area (Å²) in [5.41, 5.74) is 12.3. The molecule has 1 saturated heterocycles. The van der Waals surface area contributed by atoms with Crippen LogP contribution in [0.2, 0.25) is 0 Å². The first-order valence-electron chi connectivity index (χ1n) is 37.0. The molecular weight excluding hydrogens is 1510 g/mol. The molecule has 0 radical (unpaired) electrons. The van der Waals surface area contributed by atoms with E-state index in [-0.39, 0.29) is 38.6 Å². The van der Waals surface area contributed by atoms with E-state index in [2.05, 4.69) is 66.7 Å². The minimum atomic E-state index is -2.79. The molecule has 15 unspecified atom stereocenters.